The van der Waals surface area contributed by atoms with Crippen molar-refractivity contribution in [3.05, 3.63) is 165 Å². The van der Waals surface area contributed by atoms with Crippen molar-refractivity contribution in [2.75, 3.05) is 11.4 Å². The van der Waals surface area contributed by atoms with E-state index in [1.165, 1.54) is 44.5 Å². The summed E-state index contributed by atoms with van der Waals surface area (Å²) >= 11 is 9.74. The highest BCUT2D eigenvalue weighted by Gasteiger charge is 2.38. The molecular formula is C50H38N2O3S4. The maximum atomic E-state index is 12.8. The third-order valence-electron chi connectivity index (χ3n) is 12.0. The van der Waals surface area contributed by atoms with Crippen molar-refractivity contribution in [3.8, 4) is 42.4 Å². The molecule has 7 aromatic rings. The minimum Gasteiger partial charge on any atom is -0.480 e. The molecule has 0 atom stereocenters. The van der Waals surface area contributed by atoms with E-state index in [1.807, 2.05) is 6.07 Å². The van der Waals surface area contributed by atoms with Crippen LogP contribution in [-0.4, -0.2) is 32.7 Å². The number of hydrogen-bond acceptors (Lipinski definition) is 7. The molecule has 290 valence electrons. The van der Waals surface area contributed by atoms with E-state index in [-0.39, 0.29) is 21.1 Å². The summed E-state index contributed by atoms with van der Waals surface area (Å²) in [4.78, 5) is 32.4. The van der Waals surface area contributed by atoms with Crippen LogP contribution >= 0.6 is 46.7 Å². The summed E-state index contributed by atoms with van der Waals surface area (Å²) in [6.45, 7) is 8.91. The minimum absolute atomic E-state index is 0.125. The highest BCUT2D eigenvalue weighted by atomic mass is 32.2. The summed E-state index contributed by atoms with van der Waals surface area (Å²) < 4.78 is 0.266. The van der Waals surface area contributed by atoms with Gasteiger partial charge >= 0.3 is 5.97 Å². The van der Waals surface area contributed by atoms with Gasteiger partial charge in [-0.15, -0.1) is 22.7 Å². The number of aliphatic carboxylic acids is 1. The largest absolute Gasteiger partial charge is 0.480 e. The van der Waals surface area contributed by atoms with E-state index < -0.39 is 12.5 Å². The van der Waals surface area contributed by atoms with Crippen molar-refractivity contribution in [1.29, 1.82) is 0 Å². The van der Waals surface area contributed by atoms with Crippen molar-refractivity contribution >= 4 is 86.0 Å². The number of carbonyl (C=O) groups excluding carboxylic acids is 1. The molecule has 0 spiro atoms. The molecular weight excluding hydrogens is 805 g/mol. The molecule has 1 N–H and O–H groups in total. The number of carbonyl (C=O) groups is 2. The number of carboxylic acids is 1. The fourth-order valence-corrected chi connectivity index (χ4v) is 12.3. The average Bonchev–Trinajstić information content (AvgIpc) is 4.05. The van der Waals surface area contributed by atoms with E-state index in [1.54, 1.807) is 28.7 Å². The summed E-state index contributed by atoms with van der Waals surface area (Å²) in [7, 11) is 0. The first-order valence-corrected chi connectivity index (χ1v) is 22.3. The summed E-state index contributed by atoms with van der Waals surface area (Å²) in [5, 5.41) is 9.19. The number of carboxylic acid groups (broad SMARTS) is 1. The van der Waals surface area contributed by atoms with E-state index in [4.69, 9.17) is 12.2 Å². The van der Waals surface area contributed by atoms with Gasteiger partial charge in [-0.3, -0.25) is 14.5 Å². The maximum absolute atomic E-state index is 12.8. The molecule has 0 unspecified atom stereocenters. The molecule has 1 aliphatic heterocycles. The van der Waals surface area contributed by atoms with Gasteiger partial charge in [0.2, 0.25) is 0 Å². The number of anilines is 3. The van der Waals surface area contributed by atoms with Gasteiger partial charge in [-0.1, -0.05) is 124 Å². The lowest BCUT2D eigenvalue weighted by atomic mass is 9.82. The van der Waals surface area contributed by atoms with Gasteiger partial charge < -0.3 is 10.0 Å². The van der Waals surface area contributed by atoms with Crippen LogP contribution in [0.1, 0.15) is 54.8 Å². The molecule has 5 aromatic carbocycles. The molecule has 1 amide bonds. The SMILES string of the molecule is CC1(C)c2ccccc2-c2ccc(N(c3ccc(-c4ccc(-c5ccc(/C=C6\SC(=S)N(CC(=O)O)C6=O)s5)s4)cc3)c3ccc4c(c3)C(C)(C)c3ccccc3-4)cc21. The second-order valence-corrected chi connectivity index (χ2v) is 20.1. The van der Waals surface area contributed by atoms with Crippen molar-refractivity contribution in [3.63, 3.8) is 0 Å². The van der Waals surface area contributed by atoms with Crippen LogP contribution in [0, 0.1) is 0 Å². The van der Waals surface area contributed by atoms with Crippen molar-refractivity contribution in [2.24, 2.45) is 0 Å². The lowest BCUT2D eigenvalue weighted by Crippen LogP contribution is -2.33. The molecule has 3 aliphatic rings. The predicted octanol–water partition coefficient (Wildman–Crippen LogP) is 13.5. The lowest BCUT2D eigenvalue weighted by Gasteiger charge is -2.30. The Balaban J connectivity index is 0.985. The Labute approximate surface area is 361 Å². The Kier molecular flexibility index (Phi) is 8.95. The van der Waals surface area contributed by atoms with Gasteiger partial charge in [0.15, 0.2) is 0 Å². The van der Waals surface area contributed by atoms with E-state index in [0.29, 0.717) is 4.91 Å². The number of benzene rings is 5. The highest BCUT2D eigenvalue weighted by molar-refractivity contribution is 8.26. The molecule has 0 saturated carbocycles. The van der Waals surface area contributed by atoms with Crippen molar-refractivity contribution in [2.45, 2.75) is 38.5 Å². The number of fused-ring (bicyclic) bond motifs is 6. The fraction of sp³-hybridized carbons (Fsp3) is 0.140. The van der Waals surface area contributed by atoms with E-state index in [0.717, 1.165) is 58.8 Å². The second kappa shape index (κ2) is 14.0. The van der Waals surface area contributed by atoms with Crippen LogP contribution in [0.4, 0.5) is 17.1 Å². The van der Waals surface area contributed by atoms with Gasteiger partial charge in [0.1, 0.15) is 10.9 Å². The van der Waals surface area contributed by atoms with Crippen LogP contribution in [0.25, 0.3) is 48.5 Å². The van der Waals surface area contributed by atoms with Crippen LogP contribution in [-0.2, 0) is 20.4 Å². The standard InChI is InChI=1S/C50H38N2O3S4/c1-49(2)38-11-7-5-9-34(38)36-20-17-31(25-40(36)49)52(32-18-21-37-35-10-6-8-12-39(35)50(3,4)41(37)26-32)30-15-13-29(14-16-30)42-23-24-44(58-42)43-22-19-33(57-43)27-45-47(55)51(28-46(53)54)48(56)59-45/h5-27H,28H2,1-4H3,(H,53,54)/b45-27-. The zero-order valence-corrected chi connectivity index (χ0v) is 36.0. The molecule has 1 saturated heterocycles. The highest BCUT2D eigenvalue weighted by Crippen LogP contribution is 2.53. The number of thiophene rings is 2. The molecule has 0 bridgehead atoms. The number of nitrogens with zero attached hydrogens (tertiary/aromatic N) is 2. The Hall–Kier alpha value is -5.58. The first-order chi connectivity index (χ1) is 28.4. The van der Waals surface area contributed by atoms with Crippen LogP contribution in [0.15, 0.2) is 138 Å². The van der Waals surface area contributed by atoms with E-state index >= 15 is 0 Å². The van der Waals surface area contributed by atoms with Crippen molar-refractivity contribution in [1.82, 2.24) is 4.90 Å². The topological polar surface area (TPSA) is 60.9 Å². The van der Waals surface area contributed by atoms with Crippen molar-refractivity contribution < 1.29 is 14.7 Å². The lowest BCUT2D eigenvalue weighted by molar-refractivity contribution is -0.140. The summed E-state index contributed by atoms with van der Waals surface area (Å²) in [5.41, 5.74) is 14.9. The van der Waals surface area contributed by atoms with Gasteiger partial charge in [0, 0.05) is 47.4 Å². The quantitative estimate of drug-likeness (QED) is 0.121. The van der Waals surface area contributed by atoms with Crippen LogP contribution in [0.3, 0.4) is 0 Å². The Morgan fingerprint density at radius 1 is 0.644 bits per heavy atom. The first-order valence-electron chi connectivity index (χ1n) is 19.4. The number of hydrogen-bond donors (Lipinski definition) is 1. The molecule has 5 nitrogen and oxygen atoms in total. The molecule has 2 aromatic heterocycles. The van der Waals surface area contributed by atoms with Gasteiger partial charge in [-0.2, -0.15) is 0 Å². The first kappa shape index (κ1) is 37.7. The van der Waals surface area contributed by atoms with Crippen LogP contribution in [0.2, 0.25) is 0 Å². The van der Waals surface area contributed by atoms with Gasteiger partial charge in [-0.25, -0.2) is 0 Å². The smallest absolute Gasteiger partial charge is 0.323 e. The Morgan fingerprint density at radius 3 is 1.75 bits per heavy atom. The Morgan fingerprint density at radius 2 is 1.15 bits per heavy atom. The summed E-state index contributed by atoms with van der Waals surface area (Å²) in [6.07, 6.45) is 1.80. The van der Waals surface area contributed by atoms with Gasteiger partial charge in [0.25, 0.3) is 5.91 Å². The van der Waals surface area contributed by atoms with Gasteiger partial charge in [0.05, 0.1) is 4.91 Å². The average molecular weight is 843 g/mol. The normalized spacial score (nSPS) is 16.3. The number of thiocarbonyl (C=S) groups is 1. The van der Waals surface area contributed by atoms with Crippen LogP contribution < -0.4 is 4.90 Å². The molecule has 2 aliphatic carbocycles. The summed E-state index contributed by atoms with van der Waals surface area (Å²) in [5.74, 6) is -1.46. The van der Waals surface area contributed by atoms with E-state index in [2.05, 4.69) is 160 Å². The molecule has 3 heterocycles. The zero-order valence-electron chi connectivity index (χ0n) is 32.8. The third kappa shape index (κ3) is 6.22. The fourth-order valence-electron chi connectivity index (χ4n) is 8.97. The molecule has 59 heavy (non-hydrogen) atoms. The third-order valence-corrected chi connectivity index (χ3v) is 15.7. The number of thioether (sulfide) groups is 1. The zero-order chi connectivity index (χ0) is 40.8. The predicted molar refractivity (Wildman–Crippen MR) is 250 cm³/mol. The molecule has 1 fully saturated rings. The monoisotopic (exact) mass is 842 g/mol. The maximum Gasteiger partial charge on any atom is 0.323 e. The van der Waals surface area contributed by atoms with Crippen LogP contribution in [0.5, 0.6) is 0 Å². The second-order valence-electron chi connectivity index (χ2n) is 16.2. The summed E-state index contributed by atoms with van der Waals surface area (Å²) in [6, 6.07) is 48.8. The molecule has 0 radical (unpaired) electrons. The van der Waals surface area contributed by atoms with Gasteiger partial charge in [-0.05, 0) is 117 Å². The molecule has 10 rings (SSSR count). The number of amides is 1. The Bertz CT molecular complexity index is 2830. The van der Waals surface area contributed by atoms with E-state index in [9.17, 15) is 14.7 Å². The molecule has 9 heteroatoms. The number of rotatable bonds is 8. The minimum atomic E-state index is -1.09.